The van der Waals surface area contributed by atoms with Crippen molar-refractivity contribution < 1.29 is 9.21 Å². The zero-order valence-electron chi connectivity index (χ0n) is 11.7. The topological polar surface area (TPSA) is 42.2 Å². The summed E-state index contributed by atoms with van der Waals surface area (Å²) in [5, 5.41) is 4.33. The third kappa shape index (κ3) is 2.65. The molecule has 0 saturated carbocycles. The first-order chi connectivity index (χ1) is 10.0. The quantitative estimate of drug-likeness (QED) is 0.727. The third-order valence-electron chi connectivity index (χ3n) is 3.39. The van der Waals surface area contributed by atoms with Crippen LogP contribution in [0, 0.1) is 13.8 Å². The van der Waals surface area contributed by atoms with Gasteiger partial charge in [0.1, 0.15) is 5.58 Å². The van der Waals surface area contributed by atoms with Gasteiger partial charge < -0.3 is 9.73 Å². The van der Waals surface area contributed by atoms with E-state index in [1.165, 1.54) is 0 Å². The first kappa shape index (κ1) is 13.7. The average molecular weight is 300 g/mol. The molecular formula is C17H14ClNO2. The number of hydrogen-bond donors (Lipinski definition) is 1. The maximum Gasteiger partial charge on any atom is 0.291 e. The molecule has 0 spiro atoms. The molecule has 0 aliphatic heterocycles. The summed E-state index contributed by atoms with van der Waals surface area (Å²) in [6.45, 7) is 3.86. The normalized spacial score (nSPS) is 10.8. The van der Waals surface area contributed by atoms with Crippen LogP contribution in [0.25, 0.3) is 11.0 Å². The lowest BCUT2D eigenvalue weighted by Crippen LogP contribution is -2.10. The summed E-state index contributed by atoms with van der Waals surface area (Å²) in [5.74, 6) is 0.00140. The fourth-order valence-electron chi connectivity index (χ4n) is 2.18. The third-order valence-corrected chi connectivity index (χ3v) is 3.80. The minimum Gasteiger partial charge on any atom is -0.451 e. The fraction of sp³-hybridized carbons (Fsp3) is 0.118. The maximum atomic E-state index is 12.2. The Labute approximate surface area is 127 Å². The molecule has 0 bridgehead atoms. The van der Waals surface area contributed by atoms with Crippen LogP contribution < -0.4 is 5.32 Å². The van der Waals surface area contributed by atoms with Crippen LogP contribution in [0.5, 0.6) is 0 Å². The van der Waals surface area contributed by atoms with Crippen LogP contribution in [0.15, 0.2) is 46.9 Å². The highest BCUT2D eigenvalue weighted by atomic mass is 35.5. The van der Waals surface area contributed by atoms with Gasteiger partial charge in [-0.25, -0.2) is 0 Å². The Morgan fingerprint density at radius 3 is 2.62 bits per heavy atom. The standard InChI is InChI=1S/C17H14ClNO2/c1-10-6-7-13(9-14(10)18)19-17(20)15-8-12-5-3-4-11(2)16(12)21-15/h3-9H,1-2H3,(H,19,20). The molecule has 0 aliphatic rings. The average Bonchev–Trinajstić information content (AvgIpc) is 2.89. The molecule has 1 amide bonds. The van der Waals surface area contributed by atoms with Crippen molar-refractivity contribution in [1.82, 2.24) is 0 Å². The molecule has 1 N–H and O–H groups in total. The number of rotatable bonds is 2. The lowest BCUT2D eigenvalue weighted by atomic mass is 10.2. The molecular weight excluding hydrogens is 286 g/mol. The van der Waals surface area contributed by atoms with Gasteiger partial charge in [0.15, 0.2) is 5.76 Å². The number of anilines is 1. The summed E-state index contributed by atoms with van der Waals surface area (Å²) < 4.78 is 5.64. The number of carbonyl (C=O) groups is 1. The van der Waals surface area contributed by atoms with Gasteiger partial charge in [0.05, 0.1) is 0 Å². The Morgan fingerprint density at radius 2 is 1.90 bits per heavy atom. The van der Waals surface area contributed by atoms with Crippen molar-refractivity contribution in [1.29, 1.82) is 0 Å². The molecule has 1 aromatic heterocycles. The van der Waals surface area contributed by atoms with Crippen molar-refractivity contribution in [3.63, 3.8) is 0 Å². The van der Waals surface area contributed by atoms with Gasteiger partial charge in [0, 0.05) is 16.1 Å². The van der Waals surface area contributed by atoms with Crippen LogP contribution in [0.1, 0.15) is 21.7 Å². The van der Waals surface area contributed by atoms with E-state index >= 15 is 0 Å². The number of furan rings is 1. The van der Waals surface area contributed by atoms with E-state index in [4.69, 9.17) is 16.0 Å². The van der Waals surface area contributed by atoms with Crippen molar-refractivity contribution in [3.8, 4) is 0 Å². The van der Waals surface area contributed by atoms with Crippen LogP contribution in [-0.2, 0) is 0 Å². The van der Waals surface area contributed by atoms with Gasteiger partial charge in [0.2, 0.25) is 0 Å². The van der Waals surface area contributed by atoms with E-state index in [0.717, 1.165) is 22.1 Å². The van der Waals surface area contributed by atoms with Crippen LogP contribution in [0.4, 0.5) is 5.69 Å². The van der Waals surface area contributed by atoms with Crippen molar-refractivity contribution in [2.75, 3.05) is 5.32 Å². The van der Waals surface area contributed by atoms with Crippen molar-refractivity contribution >= 4 is 34.2 Å². The first-order valence-electron chi connectivity index (χ1n) is 6.61. The second-order valence-electron chi connectivity index (χ2n) is 5.02. The predicted octanol–water partition coefficient (Wildman–Crippen LogP) is 4.96. The van der Waals surface area contributed by atoms with Gasteiger partial charge in [-0.1, -0.05) is 35.9 Å². The van der Waals surface area contributed by atoms with Crippen LogP contribution in [-0.4, -0.2) is 5.91 Å². The lowest BCUT2D eigenvalue weighted by Gasteiger charge is -2.05. The molecule has 0 aliphatic carbocycles. The van der Waals surface area contributed by atoms with Gasteiger partial charge >= 0.3 is 0 Å². The molecule has 3 rings (SSSR count). The highest BCUT2D eigenvalue weighted by Gasteiger charge is 2.13. The van der Waals surface area contributed by atoms with E-state index in [1.807, 2.05) is 44.2 Å². The lowest BCUT2D eigenvalue weighted by molar-refractivity contribution is 0.0998. The largest absolute Gasteiger partial charge is 0.451 e. The number of hydrogen-bond acceptors (Lipinski definition) is 2. The molecule has 0 atom stereocenters. The van der Waals surface area contributed by atoms with Gasteiger partial charge in [-0.2, -0.15) is 0 Å². The number of benzene rings is 2. The molecule has 0 saturated heterocycles. The summed E-state index contributed by atoms with van der Waals surface area (Å²) in [7, 11) is 0. The smallest absolute Gasteiger partial charge is 0.291 e. The molecule has 106 valence electrons. The number of amides is 1. The number of halogens is 1. The molecule has 2 aromatic carbocycles. The Balaban J connectivity index is 1.90. The van der Waals surface area contributed by atoms with Crippen molar-refractivity contribution in [2.45, 2.75) is 13.8 Å². The highest BCUT2D eigenvalue weighted by Crippen LogP contribution is 2.24. The molecule has 4 heteroatoms. The van der Waals surface area contributed by atoms with Crippen LogP contribution >= 0.6 is 11.6 Å². The number of nitrogens with one attached hydrogen (secondary N) is 1. The zero-order chi connectivity index (χ0) is 15.0. The molecule has 3 aromatic rings. The summed E-state index contributed by atoms with van der Waals surface area (Å²) in [4.78, 5) is 12.2. The number of aryl methyl sites for hydroxylation is 2. The second-order valence-corrected chi connectivity index (χ2v) is 5.43. The molecule has 1 heterocycles. The van der Waals surface area contributed by atoms with E-state index in [0.29, 0.717) is 10.7 Å². The van der Waals surface area contributed by atoms with E-state index in [2.05, 4.69) is 5.32 Å². The van der Waals surface area contributed by atoms with E-state index in [1.54, 1.807) is 12.1 Å². The summed E-state index contributed by atoms with van der Waals surface area (Å²) in [5.41, 5.74) is 3.36. The van der Waals surface area contributed by atoms with E-state index in [9.17, 15) is 4.79 Å². The molecule has 0 unspecified atom stereocenters. The van der Waals surface area contributed by atoms with E-state index < -0.39 is 0 Å². The first-order valence-corrected chi connectivity index (χ1v) is 6.99. The SMILES string of the molecule is Cc1ccc(NC(=O)c2cc3cccc(C)c3o2)cc1Cl. The summed E-state index contributed by atoms with van der Waals surface area (Å²) >= 11 is 6.05. The summed E-state index contributed by atoms with van der Waals surface area (Å²) in [6, 6.07) is 13.0. The molecule has 21 heavy (non-hydrogen) atoms. The highest BCUT2D eigenvalue weighted by molar-refractivity contribution is 6.31. The molecule has 3 nitrogen and oxygen atoms in total. The Hall–Kier alpha value is -2.26. The maximum absolute atomic E-state index is 12.2. The monoisotopic (exact) mass is 299 g/mol. The van der Waals surface area contributed by atoms with Crippen LogP contribution in [0.2, 0.25) is 5.02 Å². The Kier molecular flexibility index (Phi) is 3.43. The second kappa shape index (κ2) is 5.26. The number of carbonyl (C=O) groups excluding carboxylic acids is 1. The van der Waals surface area contributed by atoms with Gasteiger partial charge in [0.25, 0.3) is 5.91 Å². The van der Waals surface area contributed by atoms with Crippen molar-refractivity contribution in [3.05, 3.63) is 64.4 Å². The van der Waals surface area contributed by atoms with E-state index in [-0.39, 0.29) is 11.7 Å². The summed E-state index contributed by atoms with van der Waals surface area (Å²) in [6.07, 6.45) is 0. The minimum absolute atomic E-state index is 0.287. The van der Waals surface area contributed by atoms with Crippen molar-refractivity contribution in [2.24, 2.45) is 0 Å². The molecule has 0 fully saturated rings. The predicted molar refractivity (Wildman–Crippen MR) is 85.1 cm³/mol. The zero-order valence-corrected chi connectivity index (χ0v) is 12.5. The Bertz CT molecular complexity index is 836. The number of para-hydroxylation sites is 1. The van der Waals surface area contributed by atoms with Crippen LogP contribution in [0.3, 0.4) is 0 Å². The fourth-order valence-corrected chi connectivity index (χ4v) is 2.36. The Morgan fingerprint density at radius 1 is 1.10 bits per heavy atom. The van der Waals surface area contributed by atoms with Gasteiger partial charge in [-0.3, -0.25) is 4.79 Å². The molecule has 0 radical (unpaired) electrons. The number of fused-ring (bicyclic) bond motifs is 1. The van der Waals surface area contributed by atoms with Gasteiger partial charge in [-0.15, -0.1) is 0 Å². The minimum atomic E-state index is -0.287. The van der Waals surface area contributed by atoms with Gasteiger partial charge in [-0.05, 0) is 43.2 Å².